The summed E-state index contributed by atoms with van der Waals surface area (Å²) in [7, 11) is 1.98. The summed E-state index contributed by atoms with van der Waals surface area (Å²) in [6, 6.07) is 7.69. The van der Waals surface area contributed by atoms with Crippen molar-refractivity contribution in [2.45, 2.75) is 50.1 Å². The van der Waals surface area contributed by atoms with Gasteiger partial charge in [0.1, 0.15) is 24.7 Å². The molecule has 2 heterocycles. The number of nitrogens with two attached hydrogens (primary N) is 2. The van der Waals surface area contributed by atoms with E-state index in [4.69, 9.17) is 20.9 Å². The molecule has 174 valence electrons. The molecule has 1 fully saturated rings. The Morgan fingerprint density at radius 3 is 1.94 bits per heavy atom. The Morgan fingerprint density at radius 2 is 1.39 bits per heavy atom. The summed E-state index contributed by atoms with van der Waals surface area (Å²) in [6.45, 7) is 2.18. The number of ether oxygens (including phenoxy) is 2. The topological polar surface area (TPSA) is 129 Å². The van der Waals surface area contributed by atoms with Crippen LogP contribution >= 0.6 is 0 Å². The zero-order chi connectivity index (χ0) is 23.3. The molecular weight excluding hydrogens is 420 g/mol. The minimum Gasteiger partial charge on any atom is -0.492 e. The third-order valence-corrected chi connectivity index (χ3v) is 7.38. The van der Waals surface area contributed by atoms with E-state index in [0.29, 0.717) is 53.3 Å². The van der Waals surface area contributed by atoms with Gasteiger partial charge in [-0.05, 0) is 51.8 Å². The van der Waals surface area contributed by atoms with Crippen molar-refractivity contribution in [3.8, 4) is 11.5 Å². The van der Waals surface area contributed by atoms with Crippen LogP contribution < -0.4 is 31.6 Å². The number of carbonyl (C=O) groups excluding carboxylic acids is 2. The summed E-state index contributed by atoms with van der Waals surface area (Å²) >= 11 is 0. The fourth-order valence-electron chi connectivity index (χ4n) is 5.37. The van der Waals surface area contributed by atoms with Crippen LogP contribution in [0.1, 0.15) is 64.4 Å². The molecule has 5 rings (SSSR count). The quantitative estimate of drug-likeness (QED) is 0.416. The molecule has 1 atom stereocenters. The van der Waals surface area contributed by atoms with Crippen LogP contribution in [0.5, 0.6) is 11.5 Å². The van der Waals surface area contributed by atoms with Crippen molar-refractivity contribution in [2.24, 2.45) is 0 Å². The first-order chi connectivity index (χ1) is 15.8. The summed E-state index contributed by atoms with van der Waals surface area (Å²) in [6.07, 6.45) is 3.94. The van der Waals surface area contributed by atoms with Crippen molar-refractivity contribution in [1.82, 2.24) is 10.6 Å². The molecule has 8 nitrogen and oxygen atoms in total. The highest BCUT2D eigenvalue weighted by molar-refractivity contribution is 6.01. The number of anilines is 2. The number of benzene rings is 2. The first-order valence-corrected chi connectivity index (χ1v) is 11.4. The number of hydrogen-bond donors (Lipinski definition) is 4. The second kappa shape index (κ2) is 7.95. The molecule has 3 aliphatic rings. The summed E-state index contributed by atoms with van der Waals surface area (Å²) in [4.78, 5) is 25.3. The van der Waals surface area contributed by atoms with E-state index >= 15 is 0 Å². The number of carbonyl (C=O) groups is 2. The van der Waals surface area contributed by atoms with Crippen LogP contribution in [0.3, 0.4) is 0 Å². The Hall–Kier alpha value is -3.26. The molecular formula is C25H30N4O4. The van der Waals surface area contributed by atoms with E-state index in [1.54, 1.807) is 18.2 Å². The number of amides is 1. The van der Waals surface area contributed by atoms with E-state index in [-0.39, 0.29) is 17.7 Å². The van der Waals surface area contributed by atoms with Crippen LogP contribution in [0.15, 0.2) is 24.3 Å². The molecule has 0 bridgehead atoms. The van der Waals surface area contributed by atoms with Crippen molar-refractivity contribution in [3.05, 3.63) is 46.5 Å². The van der Waals surface area contributed by atoms with Crippen LogP contribution in [-0.2, 0) is 5.41 Å². The van der Waals surface area contributed by atoms with Gasteiger partial charge in [0, 0.05) is 52.3 Å². The number of fused-ring (bicyclic) bond motifs is 4. The zero-order valence-electron chi connectivity index (χ0n) is 19.0. The van der Waals surface area contributed by atoms with Gasteiger partial charge in [-0.1, -0.05) is 0 Å². The SMILES string of the molecule is CNC1CCC(NC(=O)c2cc3c(cc2N)OCC32COc3cc(N)c(C(C)=O)cc32)CC1. The molecule has 6 N–H and O–H groups in total. The van der Waals surface area contributed by atoms with Gasteiger partial charge in [0.05, 0.1) is 11.0 Å². The molecule has 1 spiro atoms. The maximum Gasteiger partial charge on any atom is 0.253 e. The van der Waals surface area contributed by atoms with Gasteiger partial charge in [-0.15, -0.1) is 0 Å². The lowest BCUT2D eigenvalue weighted by molar-refractivity contribution is 0.0924. The molecule has 0 saturated heterocycles. The van der Waals surface area contributed by atoms with Crippen molar-refractivity contribution in [1.29, 1.82) is 0 Å². The summed E-state index contributed by atoms with van der Waals surface area (Å²) in [5, 5.41) is 6.47. The molecule has 2 aliphatic heterocycles. The highest BCUT2D eigenvalue weighted by Gasteiger charge is 2.49. The fraction of sp³-hybridized carbons (Fsp3) is 0.440. The monoisotopic (exact) mass is 450 g/mol. The highest BCUT2D eigenvalue weighted by Crippen LogP contribution is 2.52. The van der Waals surface area contributed by atoms with E-state index in [9.17, 15) is 9.59 Å². The van der Waals surface area contributed by atoms with E-state index in [1.807, 2.05) is 13.1 Å². The van der Waals surface area contributed by atoms with Gasteiger partial charge >= 0.3 is 0 Å². The summed E-state index contributed by atoms with van der Waals surface area (Å²) < 4.78 is 12.0. The number of nitrogens with one attached hydrogen (secondary N) is 2. The van der Waals surface area contributed by atoms with Crippen molar-refractivity contribution >= 4 is 23.1 Å². The maximum atomic E-state index is 13.2. The Morgan fingerprint density at radius 1 is 0.879 bits per heavy atom. The molecule has 0 aromatic heterocycles. The second-order valence-electron chi connectivity index (χ2n) is 9.40. The molecule has 2 aromatic carbocycles. The van der Waals surface area contributed by atoms with Crippen LogP contribution in [0.2, 0.25) is 0 Å². The third-order valence-electron chi connectivity index (χ3n) is 7.38. The van der Waals surface area contributed by atoms with E-state index < -0.39 is 5.41 Å². The minimum absolute atomic E-state index is 0.109. The Labute approximate surface area is 193 Å². The molecule has 1 amide bonds. The molecule has 1 saturated carbocycles. The number of hydrogen-bond acceptors (Lipinski definition) is 7. The fourth-order valence-corrected chi connectivity index (χ4v) is 5.37. The predicted molar refractivity (Wildman–Crippen MR) is 126 cm³/mol. The molecule has 8 heteroatoms. The van der Waals surface area contributed by atoms with Crippen LogP contribution in [0.4, 0.5) is 11.4 Å². The van der Waals surface area contributed by atoms with E-state index in [1.165, 1.54) is 6.92 Å². The number of ketones is 1. The average molecular weight is 451 g/mol. The normalized spacial score (nSPS) is 25.2. The Balaban J connectivity index is 1.48. The smallest absolute Gasteiger partial charge is 0.253 e. The lowest BCUT2D eigenvalue weighted by Gasteiger charge is -2.29. The average Bonchev–Trinajstić information content (AvgIpc) is 3.33. The van der Waals surface area contributed by atoms with Gasteiger partial charge in [0.15, 0.2) is 5.78 Å². The van der Waals surface area contributed by atoms with Crippen LogP contribution in [0.25, 0.3) is 0 Å². The predicted octanol–water partition coefficient (Wildman–Crippen LogP) is 2.38. The number of Topliss-reactive ketones (excluding diaryl/α,β-unsaturated/α-hetero) is 1. The van der Waals surface area contributed by atoms with Crippen molar-refractivity contribution in [3.63, 3.8) is 0 Å². The Kier molecular flexibility index (Phi) is 5.20. The molecule has 1 aliphatic carbocycles. The molecule has 2 aromatic rings. The van der Waals surface area contributed by atoms with Gasteiger partial charge in [0.25, 0.3) is 5.91 Å². The molecule has 1 unspecified atom stereocenters. The molecule has 33 heavy (non-hydrogen) atoms. The van der Waals surface area contributed by atoms with Crippen molar-refractivity contribution in [2.75, 3.05) is 31.7 Å². The van der Waals surface area contributed by atoms with Crippen molar-refractivity contribution < 1.29 is 19.1 Å². The van der Waals surface area contributed by atoms with E-state index in [2.05, 4.69) is 10.6 Å². The lowest BCUT2D eigenvalue weighted by atomic mass is 9.76. The molecule has 0 radical (unpaired) electrons. The third kappa shape index (κ3) is 3.49. The van der Waals surface area contributed by atoms with E-state index in [0.717, 1.165) is 36.8 Å². The highest BCUT2D eigenvalue weighted by atomic mass is 16.5. The van der Waals surface area contributed by atoms with Crippen LogP contribution in [-0.4, -0.2) is 44.0 Å². The van der Waals surface area contributed by atoms with Gasteiger partial charge in [-0.25, -0.2) is 0 Å². The number of rotatable bonds is 4. The van der Waals surface area contributed by atoms with Gasteiger partial charge in [0.2, 0.25) is 0 Å². The van der Waals surface area contributed by atoms with Gasteiger partial charge in [-0.2, -0.15) is 0 Å². The zero-order valence-corrected chi connectivity index (χ0v) is 19.0. The standard InChI is InChI=1S/C25H30N4O4/c1-13(30)16-7-18-22(9-20(16)26)32-11-25(18)12-33-23-10-21(27)17(8-19(23)25)24(31)29-15-5-3-14(28-2)4-6-15/h7-10,14-15,28H,3-6,11-12,26-27H2,1-2H3,(H,29,31). The maximum absolute atomic E-state index is 13.2. The van der Waals surface area contributed by atoms with Crippen LogP contribution in [0, 0.1) is 0 Å². The summed E-state index contributed by atoms with van der Waals surface area (Å²) in [5.74, 6) is 0.988. The first-order valence-electron chi connectivity index (χ1n) is 11.4. The van der Waals surface area contributed by atoms with Gasteiger partial charge in [-0.3, -0.25) is 9.59 Å². The first kappa shape index (κ1) is 21.6. The lowest BCUT2D eigenvalue weighted by Crippen LogP contribution is -2.41. The minimum atomic E-state index is -0.615. The van der Waals surface area contributed by atoms with Gasteiger partial charge < -0.3 is 31.6 Å². The Bertz CT molecular complexity index is 1140. The largest absolute Gasteiger partial charge is 0.492 e. The summed E-state index contributed by atoms with van der Waals surface area (Å²) in [5.41, 5.74) is 15.1. The number of nitrogen functional groups attached to an aromatic ring is 2. The second-order valence-corrected chi connectivity index (χ2v) is 9.40.